The van der Waals surface area contributed by atoms with Crippen LogP contribution >= 0.6 is 0 Å². The van der Waals surface area contributed by atoms with Gasteiger partial charge in [0.15, 0.2) is 12.4 Å². The molecule has 2 aromatic rings. The summed E-state index contributed by atoms with van der Waals surface area (Å²) in [6.45, 7) is 1.39. The zero-order valence-corrected chi connectivity index (χ0v) is 12.8. The smallest absolute Gasteiger partial charge is 0.316 e. The first-order chi connectivity index (χ1) is 11.4. The molecule has 2 aromatic carbocycles. The highest BCUT2D eigenvalue weighted by Gasteiger charge is 2.12. The third kappa shape index (κ3) is 4.29. The van der Waals surface area contributed by atoms with Crippen LogP contribution in [-0.2, 0) is 0 Å². The molecule has 24 heavy (non-hydrogen) atoms. The lowest BCUT2D eigenvalue weighted by molar-refractivity contribution is -0.385. The van der Waals surface area contributed by atoms with E-state index in [-0.39, 0.29) is 18.1 Å². The van der Waals surface area contributed by atoms with E-state index in [0.717, 1.165) is 0 Å². The number of aryl methyl sites for hydroxylation is 1. The zero-order valence-electron chi connectivity index (χ0n) is 12.8. The molecule has 0 unspecified atom stereocenters. The molecular formula is C16H15N3O5. The topological polar surface area (TPSA) is 125 Å². The molecule has 0 aromatic heterocycles. The van der Waals surface area contributed by atoms with Gasteiger partial charge in [0.1, 0.15) is 5.75 Å². The van der Waals surface area contributed by atoms with E-state index in [9.17, 15) is 19.7 Å². The highest BCUT2D eigenvalue weighted by molar-refractivity contribution is 5.98. The van der Waals surface area contributed by atoms with Gasteiger partial charge in [0.25, 0.3) is 5.69 Å². The lowest BCUT2D eigenvalue weighted by Gasteiger charge is -2.07. The number of nitro groups is 1. The fraction of sp³-hybridized carbons (Fsp3) is 0.125. The summed E-state index contributed by atoms with van der Waals surface area (Å²) in [5.41, 5.74) is 6.32. The highest BCUT2D eigenvalue weighted by atomic mass is 16.6. The summed E-state index contributed by atoms with van der Waals surface area (Å²) in [5.74, 6) is 0.107. The van der Waals surface area contributed by atoms with Crippen molar-refractivity contribution in [2.75, 3.05) is 11.9 Å². The SMILES string of the molecule is Cc1cc(OCC(=O)c2ccc(NC(N)=O)cc2)ccc1[N+](=O)[O-]. The number of ether oxygens (including phenoxy) is 1. The van der Waals surface area contributed by atoms with Gasteiger partial charge < -0.3 is 15.8 Å². The number of anilines is 1. The van der Waals surface area contributed by atoms with Crippen LogP contribution in [0, 0.1) is 17.0 Å². The molecule has 2 rings (SSSR count). The number of benzene rings is 2. The quantitative estimate of drug-likeness (QED) is 0.479. The van der Waals surface area contributed by atoms with Gasteiger partial charge in [-0.1, -0.05) is 0 Å². The number of carbonyl (C=O) groups is 2. The number of nitrogens with two attached hydrogens (primary N) is 1. The lowest BCUT2D eigenvalue weighted by Crippen LogP contribution is -2.19. The second-order valence-corrected chi connectivity index (χ2v) is 4.98. The Labute approximate surface area is 137 Å². The van der Waals surface area contributed by atoms with E-state index >= 15 is 0 Å². The Kier molecular flexibility index (Phi) is 5.10. The van der Waals surface area contributed by atoms with Crippen molar-refractivity contribution >= 4 is 23.2 Å². The summed E-state index contributed by atoms with van der Waals surface area (Å²) in [5, 5.41) is 13.1. The number of nitrogens with zero attached hydrogens (tertiary/aromatic N) is 1. The third-order valence-electron chi connectivity index (χ3n) is 3.21. The van der Waals surface area contributed by atoms with Crippen LogP contribution in [0.4, 0.5) is 16.2 Å². The second-order valence-electron chi connectivity index (χ2n) is 4.98. The molecule has 124 valence electrons. The molecule has 0 aliphatic carbocycles. The standard InChI is InChI=1S/C16H15N3O5/c1-10-8-13(6-7-14(10)19(22)23)24-9-15(20)11-2-4-12(5-3-11)18-16(17)21/h2-8H,9H2,1H3,(H3,17,18,21). The van der Waals surface area contributed by atoms with Crippen molar-refractivity contribution in [2.45, 2.75) is 6.92 Å². The van der Waals surface area contributed by atoms with E-state index in [0.29, 0.717) is 22.6 Å². The van der Waals surface area contributed by atoms with Crippen LogP contribution in [0.3, 0.4) is 0 Å². The summed E-state index contributed by atoms with van der Waals surface area (Å²) in [6.07, 6.45) is 0. The molecule has 0 heterocycles. The predicted octanol–water partition coefficient (Wildman–Crippen LogP) is 2.66. The van der Waals surface area contributed by atoms with Crippen molar-refractivity contribution < 1.29 is 19.2 Å². The summed E-state index contributed by atoms with van der Waals surface area (Å²) in [4.78, 5) is 33.1. The molecule has 0 aliphatic rings. The van der Waals surface area contributed by atoms with Crippen molar-refractivity contribution in [1.29, 1.82) is 0 Å². The number of rotatable bonds is 6. The van der Waals surface area contributed by atoms with E-state index < -0.39 is 11.0 Å². The van der Waals surface area contributed by atoms with Crippen molar-refractivity contribution in [3.05, 3.63) is 63.7 Å². The summed E-state index contributed by atoms with van der Waals surface area (Å²) in [6, 6.07) is 9.77. The maximum Gasteiger partial charge on any atom is 0.316 e. The molecule has 0 saturated heterocycles. The van der Waals surface area contributed by atoms with Gasteiger partial charge in [0.2, 0.25) is 0 Å². The summed E-state index contributed by atoms with van der Waals surface area (Å²) in [7, 11) is 0. The zero-order chi connectivity index (χ0) is 17.7. The van der Waals surface area contributed by atoms with Crippen LogP contribution in [0.25, 0.3) is 0 Å². The summed E-state index contributed by atoms with van der Waals surface area (Å²) < 4.78 is 5.37. The van der Waals surface area contributed by atoms with E-state index in [4.69, 9.17) is 10.5 Å². The molecule has 0 bridgehead atoms. The number of nitrogens with one attached hydrogen (secondary N) is 1. The maximum atomic E-state index is 12.1. The van der Waals surface area contributed by atoms with Gasteiger partial charge in [-0.15, -0.1) is 0 Å². The molecule has 2 amide bonds. The Morgan fingerprint density at radius 1 is 1.21 bits per heavy atom. The molecule has 0 atom stereocenters. The minimum atomic E-state index is -0.689. The fourth-order valence-corrected chi connectivity index (χ4v) is 2.04. The van der Waals surface area contributed by atoms with E-state index in [1.807, 2.05) is 0 Å². The van der Waals surface area contributed by atoms with Gasteiger partial charge in [-0.05, 0) is 43.3 Å². The van der Waals surface area contributed by atoms with Crippen molar-refractivity contribution in [3.8, 4) is 5.75 Å². The molecular weight excluding hydrogens is 314 g/mol. The number of Topliss-reactive ketones (excluding diaryl/α,β-unsaturated/α-hetero) is 1. The monoisotopic (exact) mass is 329 g/mol. The Balaban J connectivity index is 1.99. The first kappa shape index (κ1) is 16.9. The first-order valence-electron chi connectivity index (χ1n) is 6.94. The number of hydrogen-bond donors (Lipinski definition) is 2. The van der Waals surface area contributed by atoms with Crippen LogP contribution in [-0.4, -0.2) is 23.3 Å². The van der Waals surface area contributed by atoms with Crippen LogP contribution in [0.5, 0.6) is 5.75 Å². The third-order valence-corrected chi connectivity index (χ3v) is 3.21. The molecule has 0 spiro atoms. The van der Waals surface area contributed by atoms with Crippen molar-refractivity contribution in [2.24, 2.45) is 5.73 Å². The van der Waals surface area contributed by atoms with Crippen molar-refractivity contribution in [1.82, 2.24) is 0 Å². The lowest BCUT2D eigenvalue weighted by atomic mass is 10.1. The maximum absolute atomic E-state index is 12.1. The minimum absolute atomic E-state index is 0.00813. The highest BCUT2D eigenvalue weighted by Crippen LogP contribution is 2.23. The van der Waals surface area contributed by atoms with E-state index in [1.54, 1.807) is 19.1 Å². The molecule has 0 aliphatic heterocycles. The molecule has 3 N–H and O–H groups in total. The van der Waals surface area contributed by atoms with Crippen LogP contribution in [0.1, 0.15) is 15.9 Å². The van der Waals surface area contributed by atoms with Crippen LogP contribution in [0.2, 0.25) is 0 Å². The second kappa shape index (κ2) is 7.23. The van der Waals surface area contributed by atoms with Crippen molar-refractivity contribution in [3.63, 3.8) is 0 Å². The van der Waals surface area contributed by atoms with Gasteiger partial charge in [0.05, 0.1) is 4.92 Å². The van der Waals surface area contributed by atoms with Gasteiger partial charge >= 0.3 is 6.03 Å². The first-order valence-corrected chi connectivity index (χ1v) is 6.94. The van der Waals surface area contributed by atoms with Gasteiger partial charge in [-0.3, -0.25) is 14.9 Å². The number of carbonyl (C=O) groups excluding carboxylic acids is 2. The van der Waals surface area contributed by atoms with Crippen LogP contribution < -0.4 is 15.8 Å². The summed E-state index contributed by atoms with van der Waals surface area (Å²) >= 11 is 0. The Morgan fingerprint density at radius 3 is 2.42 bits per heavy atom. The van der Waals surface area contributed by atoms with E-state index in [2.05, 4.69) is 5.32 Å². The number of primary amides is 1. The molecule has 8 heteroatoms. The molecule has 0 radical (unpaired) electrons. The van der Waals surface area contributed by atoms with Gasteiger partial charge in [0, 0.05) is 22.9 Å². The largest absolute Gasteiger partial charge is 0.485 e. The average Bonchev–Trinajstić information content (AvgIpc) is 2.52. The number of hydrogen-bond acceptors (Lipinski definition) is 5. The Bertz CT molecular complexity index is 787. The number of urea groups is 1. The fourth-order valence-electron chi connectivity index (χ4n) is 2.04. The Morgan fingerprint density at radius 2 is 1.88 bits per heavy atom. The predicted molar refractivity (Wildman–Crippen MR) is 87.3 cm³/mol. The normalized spacial score (nSPS) is 10.0. The number of amides is 2. The number of nitro benzene ring substituents is 1. The molecule has 0 saturated carbocycles. The molecule has 8 nitrogen and oxygen atoms in total. The minimum Gasteiger partial charge on any atom is -0.485 e. The van der Waals surface area contributed by atoms with E-state index in [1.165, 1.54) is 30.3 Å². The van der Waals surface area contributed by atoms with Gasteiger partial charge in [-0.25, -0.2) is 4.79 Å². The molecule has 0 fully saturated rings. The van der Waals surface area contributed by atoms with Gasteiger partial charge in [-0.2, -0.15) is 0 Å². The number of ketones is 1. The van der Waals surface area contributed by atoms with Crippen LogP contribution in [0.15, 0.2) is 42.5 Å². The Hall–Kier alpha value is -3.42. The average molecular weight is 329 g/mol.